The van der Waals surface area contributed by atoms with Crippen molar-refractivity contribution in [3.05, 3.63) is 54.6 Å². The predicted octanol–water partition coefficient (Wildman–Crippen LogP) is 3.25. The number of pyridine rings is 1. The minimum absolute atomic E-state index is 0.0295. The molecule has 1 atom stereocenters. The van der Waals surface area contributed by atoms with Gasteiger partial charge in [0.15, 0.2) is 23.1 Å². The Morgan fingerprint density at radius 3 is 2.56 bits per heavy atom. The number of carbonyl (C=O) groups is 1. The minimum atomic E-state index is -0.922. The van der Waals surface area contributed by atoms with Gasteiger partial charge < -0.3 is 29.4 Å². The third kappa shape index (κ3) is 4.49. The third-order valence-corrected chi connectivity index (χ3v) is 6.72. The van der Waals surface area contributed by atoms with E-state index in [0.29, 0.717) is 41.7 Å². The second-order valence-corrected chi connectivity index (χ2v) is 9.06. The number of halogens is 2. The molecular weight excluding hydrogens is 512 g/mol. The number of aryl methyl sites for hydroxylation is 1. The van der Waals surface area contributed by atoms with Gasteiger partial charge in [0.1, 0.15) is 17.8 Å². The summed E-state index contributed by atoms with van der Waals surface area (Å²) >= 11 is 0. The Bertz CT molecular complexity index is 1550. The van der Waals surface area contributed by atoms with Gasteiger partial charge in [-0.25, -0.2) is 18.7 Å². The third-order valence-electron chi connectivity index (χ3n) is 6.72. The van der Waals surface area contributed by atoms with Crippen LogP contribution >= 0.6 is 0 Å². The number of fused-ring (bicyclic) bond motifs is 1. The van der Waals surface area contributed by atoms with Crippen molar-refractivity contribution in [3.8, 4) is 28.6 Å². The summed E-state index contributed by atoms with van der Waals surface area (Å²) < 4.78 is 49.5. The van der Waals surface area contributed by atoms with Crippen molar-refractivity contribution in [3.63, 3.8) is 0 Å². The van der Waals surface area contributed by atoms with E-state index in [1.165, 1.54) is 20.3 Å². The molecule has 1 aliphatic rings. The molecule has 0 radical (unpaired) electrons. The molecule has 2 N–H and O–H groups in total. The number of aromatic nitrogens is 5. The van der Waals surface area contributed by atoms with E-state index in [1.807, 2.05) is 13.2 Å². The highest BCUT2D eigenvalue weighted by molar-refractivity contribution is 6.01. The Kier molecular flexibility index (Phi) is 6.81. The quantitative estimate of drug-likeness (QED) is 0.339. The lowest BCUT2D eigenvalue weighted by Gasteiger charge is -2.16. The number of rotatable bonds is 8. The molecule has 4 heterocycles. The van der Waals surface area contributed by atoms with Crippen molar-refractivity contribution >= 4 is 22.6 Å². The Morgan fingerprint density at radius 2 is 1.95 bits per heavy atom. The van der Waals surface area contributed by atoms with Crippen LogP contribution in [0.5, 0.6) is 17.4 Å². The molecule has 13 heteroatoms. The Morgan fingerprint density at radius 1 is 1.23 bits per heavy atom. The predicted molar refractivity (Wildman–Crippen MR) is 138 cm³/mol. The molecule has 1 saturated heterocycles. The lowest BCUT2D eigenvalue weighted by atomic mass is 10.1. The maximum atomic E-state index is 15.0. The van der Waals surface area contributed by atoms with E-state index < -0.39 is 23.8 Å². The summed E-state index contributed by atoms with van der Waals surface area (Å²) in [5.74, 6) is -2.27. The van der Waals surface area contributed by atoms with E-state index in [0.717, 1.165) is 6.07 Å². The summed E-state index contributed by atoms with van der Waals surface area (Å²) in [7, 11) is 4.37. The van der Waals surface area contributed by atoms with Crippen LogP contribution < -0.4 is 19.9 Å². The van der Waals surface area contributed by atoms with Gasteiger partial charge >= 0.3 is 0 Å². The largest absolute Gasteiger partial charge is 0.494 e. The Labute approximate surface area is 222 Å². The smallest absolute Gasteiger partial charge is 0.246 e. The number of nitrogens with zero attached hydrogens (tertiary/aromatic N) is 6. The molecule has 0 spiro atoms. The average Bonchev–Trinajstić information content (AvgIpc) is 3.68. The second-order valence-electron chi connectivity index (χ2n) is 9.06. The number of hydrogen-bond donors (Lipinski definition) is 1. The van der Waals surface area contributed by atoms with Gasteiger partial charge in [0.25, 0.3) is 0 Å². The van der Waals surface area contributed by atoms with Crippen LogP contribution in [0.4, 0.5) is 14.6 Å². The average molecular weight is 540 g/mol. The topological polar surface area (TPSA) is 123 Å². The van der Waals surface area contributed by atoms with E-state index >= 15 is 8.78 Å². The highest BCUT2D eigenvalue weighted by Crippen LogP contribution is 2.40. The summed E-state index contributed by atoms with van der Waals surface area (Å²) in [6, 6.07) is 0.888. The van der Waals surface area contributed by atoms with E-state index in [-0.39, 0.29) is 35.1 Å². The Hall–Kier alpha value is -4.68. The molecule has 11 nitrogen and oxygen atoms in total. The summed E-state index contributed by atoms with van der Waals surface area (Å²) in [6.45, 7) is 3.92. The molecule has 204 valence electrons. The fourth-order valence-electron chi connectivity index (χ4n) is 4.74. The van der Waals surface area contributed by atoms with Crippen LogP contribution in [0.2, 0.25) is 0 Å². The molecule has 5 rings (SSSR count). The van der Waals surface area contributed by atoms with Gasteiger partial charge in [-0.15, -0.1) is 5.10 Å². The summed E-state index contributed by atoms with van der Waals surface area (Å²) in [5.41, 5.74) is 7.74. The lowest BCUT2D eigenvalue weighted by molar-refractivity contribution is -0.125. The molecule has 0 saturated carbocycles. The van der Waals surface area contributed by atoms with Gasteiger partial charge in [-0.3, -0.25) is 9.48 Å². The van der Waals surface area contributed by atoms with E-state index in [9.17, 15) is 4.79 Å². The number of likely N-dealkylation sites (tertiary alicyclic amines) is 1. The van der Waals surface area contributed by atoms with Crippen LogP contribution in [0.25, 0.3) is 22.2 Å². The molecular formula is C26H27F2N7O4. The molecule has 39 heavy (non-hydrogen) atoms. The number of hydrogen-bond acceptors (Lipinski definition) is 8. The lowest BCUT2D eigenvalue weighted by Crippen LogP contribution is -2.27. The van der Waals surface area contributed by atoms with Gasteiger partial charge in [0.2, 0.25) is 11.8 Å². The maximum Gasteiger partial charge on any atom is 0.246 e. The number of nitrogens with two attached hydrogens (primary N) is 1. The van der Waals surface area contributed by atoms with Crippen molar-refractivity contribution in [2.45, 2.75) is 19.1 Å². The number of amides is 1. The number of anilines is 1. The van der Waals surface area contributed by atoms with E-state index in [2.05, 4.69) is 21.6 Å². The van der Waals surface area contributed by atoms with Crippen molar-refractivity contribution in [1.29, 1.82) is 0 Å². The molecule has 4 aromatic rings. The first-order valence-electron chi connectivity index (χ1n) is 12.0. The normalized spacial score (nSPS) is 15.1. The highest BCUT2D eigenvalue weighted by Gasteiger charge is 2.31. The van der Waals surface area contributed by atoms with Crippen molar-refractivity contribution in [2.75, 3.05) is 33.0 Å². The molecule has 0 unspecified atom stereocenters. The van der Waals surface area contributed by atoms with Gasteiger partial charge in [-0.1, -0.05) is 6.58 Å². The standard InChI is InChI=1S/C26H27F2N7O4/c1-5-20(36)34-7-6-14(10-34)35-24-15(17-11-33(2)13-31-17)9-30-25(29)21(24)26(32-35)39-12-16-22(27)18(37-3)8-19(38-4)23(16)28/h5,8-9,11,13-14H,1,6-7,10,12H2,2-4H3,(H2,29,30)/t14-/m0/s1. The molecule has 1 fully saturated rings. The SMILES string of the molecule is C=CC(=O)N1CC[C@H](n2nc(OCc3c(F)c(OC)cc(OC)c3F)c3c(N)ncc(-c4cn(C)cn4)c32)C1. The molecule has 1 amide bonds. The van der Waals surface area contributed by atoms with Crippen molar-refractivity contribution in [2.24, 2.45) is 7.05 Å². The van der Waals surface area contributed by atoms with E-state index in [1.54, 1.807) is 26.7 Å². The van der Waals surface area contributed by atoms with Gasteiger partial charge in [-0.05, 0) is 12.5 Å². The van der Waals surface area contributed by atoms with Crippen LogP contribution in [-0.4, -0.2) is 62.4 Å². The first-order valence-corrected chi connectivity index (χ1v) is 12.0. The number of imidazole rings is 1. The van der Waals surface area contributed by atoms with Gasteiger partial charge in [0, 0.05) is 44.2 Å². The number of ether oxygens (including phenoxy) is 3. The first-order chi connectivity index (χ1) is 18.8. The van der Waals surface area contributed by atoms with Crippen LogP contribution in [0.1, 0.15) is 18.0 Å². The number of methoxy groups -OCH3 is 2. The van der Waals surface area contributed by atoms with E-state index in [4.69, 9.17) is 19.9 Å². The minimum Gasteiger partial charge on any atom is -0.494 e. The molecule has 0 aliphatic carbocycles. The maximum absolute atomic E-state index is 15.0. The van der Waals surface area contributed by atoms with Crippen LogP contribution in [0.3, 0.4) is 0 Å². The molecule has 1 aliphatic heterocycles. The van der Waals surface area contributed by atoms with Crippen LogP contribution in [0, 0.1) is 11.6 Å². The fourth-order valence-corrected chi connectivity index (χ4v) is 4.74. The monoisotopic (exact) mass is 539 g/mol. The first kappa shape index (κ1) is 25.9. The van der Waals surface area contributed by atoms with Gasteiger partial charge in [0.05, 0.1) is 43.4 Å². The van der Waals surface area contributed by atoms with Gasteiger partial charge in [-0.2, -0.15) is 0 Å². The zero-order chi connectivity index (χ0) is 27.8. The number of benzene rings is 1. The fraction of sp³-hybridized carbons (Fsp3) is 0.308. The molecule has 1 aromatic carbocycles. The zero-order valence-electron chi connectivity index (χ0n) is 21.6. The molecule has 3 aromatic heterocycles. The number of carbonyl (C=O) groups excluding carboxylic acids is 1. The Balaban J connectivity index is 1.62. The highest BCUT2D eigenvalue weighted by atomic mass is 19.1. The van der Waals surface area contributed by atoms with Crippen LogP contribution in [0.15, 0.2) is 37.4 Å². The summed E-state index contributed by atoms with van der Waals surface area (Å²) in [4.78, 5) is 22.7. The van der Waals surface area contributed by atoms with Crippen molar-refractivity contribution in [1.82, 2.24) is 29.2 Å². The van der Waals surface area contributed by atoms with Crippen LogP contribution in [-0.2, 0) is 18.4 Å². The number of nitrogen functional groups attached to an aromatic ring is 1. The summed E-state index contributed by atoms with van der Waals surface area (Å²) in [6.07, 6.45) is 6.94. The zero-order valence-corrected chi connectivity index (χ0v) is 21.6. The summed E-state index contributed by atoms with van der Waals surface area (Å²) in [5, 5.41) is 5.04. The molecule has 0 bridgehead atoms. The van der Waals surface area contributed by atoms with Crippen molar-refractivity contribution < 1.29 is 27.8 Å². The second kappa shape index (κ2) is 10.2.